The second-order valence-corrected chi connectivity index (χ2v) is 6.93. The van der Waals surface area contributed by atoms with Crippen LogP contribution in [0.1, 0.15) is 51.9 Å². The largest absolute Gasteiger partial charge is 0.481 e. The van der Waals surface area contributed by atoms with Gasteiger partial charge in [0.15, 0.2) is 6.10 Å². The van der Waals surface area contributed by atoms with E-state index >= 15 is 0 Å². The minimum absolute atomic E-state index is 0.185. The zero-order valence-corrected chi connectivity index (χ0v) is 15.3. The highest BCUT2D eigenvalue weighted by molar-refractivity contribution is 5.87. The van der Waals surface area contributed by atoms with E-state index in [0.717, 1.165) is 25.7 Å². The van der Waals surface area contributed by atoms with Crippen molar-refractivity contribution in [3.8, 4) is 5.75 Å². The summed E-state index contributed by atoms with van der Waals surface area (Å²) in [5, 5.41) is 9.60. The van der Waals surface area contributed by atoms with Gasteiger partial charge in [-0.25, -0.2) is 4.39 Å². The van der Waals surface area contributed by atoms with E-state index < -0.39 is 35.1 Å². The van der Waals surface area contributed by atoms with Gasteiger partial charge >= 0.3 is 5.97 Å². The number of carboxylic acids is 1. The van der Waals surface area contributed by atoms with E-state index in [1.165, 1.54) is 31.2 Å². The Morgan fingerprint density at radius 1 is 1.11 bits per heavy atom. The molecule has 1 aromatic rings. The quantitative estimate of drug-likeness (QED) is 0.520. The highest BCUT2D eigenvalue weighted by atomic mass is 19.1. The highest BCUT2D eigenvalue weighted by Crippen LogP contribution is 2.38. The van der Waals surface area contributed by atoms with Crippen molar-refractivity contribution in [2.75, 3.05) is 0 Å². The second-order valence-electron chi connectivity index (χ2n) is 6.93. The monoisotopic (exact) mass is 380 g/mol. The number of amides is 2. The Balaban J connectivity index is 1.85. The van der Waals surface area contributed by atoms with Crippen LogP contribution in [0.3, 0.4) is 0 Å². The summed E-state index contributed by atoms with van der Waals surface area (Å²) < 4.78 is 18.2. The molecule has 2 rings (SSSR count). The Morgan fingerprint density at radius 3 is 2.26 bits per heavy atom. The topological polar surface area (TPSA) is 105 Å². The third-order valence-corrected chi connectivity index (χ3v) is 4.83. The number of rotatable bonds is 6. The molecule has 27 heavy (non-hydrogen) atoms. The Morgan fingerprint density at radius 2 is 1.70 bits per heavy atom. The molecule has 0 spiro atoms. The Hall–Kier alpha value is -2.64. The van der Waals surface area contributed by atoms with Crippen molar-refractivity contribution < 1.29 is 28.6 Å². The predicted molar refractivity (Wildman–Crippen MR) is 95.2 cm³/mol. The van der Waals surface area contributed by atoms with Crippen molar-refractivity contribution in [3.05, 3.63) is 30.1 Å². The first-order chi connectivity index (χ1) is 12.8. The standard InChI is InChI=1S/C19H25FN2O5/c1-13(27-15-8-6-14(20)7-9-15)17(24)22-21-16(23)12-19(18(25)26)10-4-2-3-5-11-19/h6-9,13H,2-5,10-12H2,1H3,(H,21,23)(H,22,24)(H,25,26). The molecule has 1 aliphatic rings. The first-order valence-corrected chi connectivity index (χ1v) is 9.07. The van der Waals surface area contributed by atoms with Crippen LogP contribution in [0.4, 0.5) is 4.39 Å². The van der Waals surface area contributed by atoms with Gasteiger partial charge in [0, 0.05) is 6.42 Å². The molecule has 1 atom stereocenters. The van der Waals surface area contributed by atoms with Gasteiger partial charge in [0.05, 0.1) is 5.41 Å². The number of ether oxygens (including phenoxy) is 1. The van der Waals surface area contributed by atoms with Gasteiger partial charge in [-0.05, 0) is 44.0 Å². The van der Waals surface area contributed by atoms with Crippen molar-refractivity contribution in [1.29, 1.82) is 0 Å². The van der Waals surface area contributed by atoms with Gasteiger partial charge in [-0.15, -0.1) is 0 Å². The number of benzene rings is 1. The molecule has 0 aromatic heterocycles. The summed E-state index contributed by atoms with van der Waals surface area (Å²) in [5.74, 6) is -2.23. The van der Waals surface area contributed by atoms with Crippen molar-refractivity contribution in [2.24, 2.45) is 5.41 Å². The molecule has 7 nitrogen and oxygen atoms in total. The van der Waals surface area contributed by atoms with E-state index in [-0.39, 0.29) is 6.42 Å². The van der Waals surface area contributed by atoms with Gasteiger partial charge in [-0.2, -0.15) is 0 Å². The van der Waals surface area contributed by atoms with Crippen LogP contribution in [0, 0.1) is 11.2 Å². The molecule has 1 aliphatic carbocycles. The molecule has 0 heterocycles. The molecule has 2 amide bonds. The van der Waals surface area contributed by atoms with Gasteiger partial charge in [-0.1, -0.05) is 25.7 Å². The number of aliphatic carboxylic acids is 1. The number of halogens is 1. The molecular weight excluding hydrogens is 355 g/mol. The zero-order valence-electron chi connectivity index (χ0n) is 15.3. The van der Waals surface area contributed by atoms with Gasteiger partial charge < -0.3 is 9.84 Å². The van der Waals surface area contributed by atoms with Crippen LogP contribution in [0.15, 0.2) is 24.3 Å². The van der Waals surface area contributed by atoms with E-state index in [0.29, 0.717) is 18.6 Å². The molecule has 0 radical (unpaired) electrons. The Bertz CT molecular complexity index is 669. The summed E-state index contributed by atoms with van der Waals surface area (Å²) in [6.07, 6.45) is 3.26. The summed E-state index contributed by atoms with van der Waals surface area (Å²) in [6.45, 7) is 1.48. The third-order valence-electron chi connectivity index (χ3n) is 4.83. The lowest BCUT2D eigenvalue weighted by atomic mass is 9.77. The molecule has 0 aliphatic heterocycles. The minimum Gasteiger partial charge on any atom is -0.481 e. The number of hydrazine groups is 1. The first kappa shape index (κ1) is 20.7. The lowest BCUT2D eigenvalue weighted by Gasteiger charge is -2.27. The van der Waals surface area contributed by atoms with Gasteiger partial charge in [0.1, 0.15) is 11.6 Å². The SMILES string of the molecule is CC(Oc1ccc(F)cc1)C(=O)NNC(=O)CC1(C(=O)O)CCCCCC1. The van der Waals surface area contributed by atoms with E-state index in [9.17, 15) is 23.9 Å². The van der Waals surface area contributed by atoms with E-state index in [1.807, 2.05) is 0 Å². The number of nitrogens with one attached hydrogen (secondary N) is 2. The molecule has 0 saturated heterocycles. The van der Waals surface area contributed by atoms with Crippen LogP contribution in [0.5, 0.6) is 5.75 Å². The molecule has 8 heteroatoms. The van der Waals surface area contributed by atoms with Gasteiger partial charge in [0.25, 0.3) is 5.91 Å². The van der Waals surface area contributed by atoms with Crippen molar-refractivity contribution in [1.82, 2.24) is 10.9 Å². The predicted octanol–water partition coefficient (Wildman–Crippen LogP) is 2.56. The van der Waals surface area contributed by atoms with Crippen molar-refractivity contribution in [2.45, 2.75) is 58.0 Å². The van der Waals surface area contributed by atoms with Gasteiger partial charge in [-0.3, -0.25) is 25.2 Å². The number of carboxylic acid groups (broad SMARTS) is 1. The summed E-state index contributed by atoms with van der Waals surface area (Å²) in [5.41, 5.74) is 3.43. The van der Waals surface area contributed by atoms with Crippen molar-refractivity contribution in [3.63, 3.8) is 0 Å². The molecule has 1 fully saturated rings. The summed E-state index contributed by atoms with van der Waals surface area (Å²) in [7, 11) is 0. The highest BCUT2D eigenvalue weighted by Gasteiger charge is 2.40. The summed E-state index contributed by atoms with van der Waals surface area (Å²) in [6, 6.07) is 5.19. The van der Waals surface area contributed by atoms with Crippen LogP contribution in [-0.2, 0) is 14.4 Å². The maximum absolute atomic E-state index is 12.9. The maximum Gasteiger partial charge on any atom is 0.310 e. The van der Waals surface area contributed by atoms with Crippen LogP contribution >= 0.6 is 0 Å². The lowest BCUT2D eigenvalue weighted by molar-refractivity contribution is -0.153. The molecule has 3 N–H and O–H groups in total. The number of carbonyl (C=O) groups excluding carboxylic acids is 2. The average Bonchev–Trinajstić information content (AvgIpc) is 2.88. The average molecular weight is 380 g/mol. The van der Waals surface area contributed by atoms with Crippen LogP contribution < -0.4 is 15.6 Å². The lowest BCUT2D eigenvalue weighted by Crippen LogP contribution is -2.49. The number of hydrogen-bond acceptors (Lipinski definition) is 4. The Kier molecular flexibility index (Phi) is 7.15. The Labute approximate surface area is 157 Å². The van der Waals surface area contributed by atoms with Crippen molar-refractivity contribution >= 4 is 17.8 Å². The summed E-state index contributed by atoms with van der Waals surface area (Å²) in [4.78, 5) is 35.9. The van der Waals surface area contributed by atoms with Crippen LogP contribution in [0.2, 0.25) is 0 Å². The normalized spacial score (nSPS) is 17.3. The number of hydrogen-bond donors (Lipinski definition) is 3. The first-order valence-electron chi connectivity index (χ1n) is 9.07. The third kappa shape index (κ3) is 5.94. The molecule has 1 aromatic carbocycles. The van der Waals surface area contributed by atoms with E-state index in [4.69, 9.17) is 4.74 Å². The minimum atomic E-state index is -1.08. The zero-order chi connectivity index (χ0) is 19.9. The fraction of sp³-hybridized carbons (Fsp3) is 0.526. The smallest absolute Gasteiger partial charge is 0.310 e. The summed E-state index contributed by atoms with van der Waals surface area (Å²) >= 11 is 0. The fourth-order valence-electron chi connectivity index (χ4n) is 3.23. The van der Waals surface area contributed by atoms with E-state index in [1.54, 1.807) is 0 Å². The van der Waals surface area contributed by atoms with Gasteiger partial charge in [0.2, 0.25) is 5.91 Å². The maximum atomic E-state index is 12.9. The molecule has 1 saturated carbocycles. The van der Waals surface area contributed by atoms with E-state index in [2.05, 4.69) is 10.9 Å². The van der Waals surface area contributed by atoms with Crippen LogP contribution in [0.25, 0.3) is 0 Å². The molecular formula is C19H25FN2O5. The molecule has 0 bridgehead atoms. The molecule has 148 valence electrons. The second kappa shape index (κ2) is 9.34. The van der Waals surface area contributed by atoms with Crippen LogP contribution in [-0.4, -0.2) is 29.0 Å². The molecule has 1 unspecified atom stereocenters. The fourth-order valence-corrected chi connectivity index (χ4v) is 3.23. The number of carbonyl (C=O) groups is 3.